The molecule has 0 aromatic carbocycles. The lowest BCUT2D eigenvalue weighted by molar-refractivity contribution is -0.162. The van der Waals surface area contributed by atoms with Crippen molar-refractivity contribution in [3.8, 4) is 0 Å². The molecule has 0 heterocycles. The molecule has 0 spiro atoms. The van der Waals surface area contributed by atoms with E-state index in [-0.39, 0.29) is 5.97 Å². The van der Waals surface area contributed by atoms with Crippen LogP contribution in [0.15, 0.2) is 12.2 Å². The van der Waals surface area contributed by atoms with Crippen LogP contribution in [0.5, 0.6) is 0 Å². The third-order valence-electron chi connectivity index (χ3n) is 6.67. The molecule has 4 fully saturated rings. The van der Waals surface area contributed by atoms with Crippen molar-refractivity contribution in [1.82, 2.24) is 0 Å². The molecule has 106 valence electrons. The van der Waals surface area contributed by atoms with Crippen molar-refractivity contribution < 1.29 is 9.53 Å². The maximum absolute atomic E-state index is 11.7. The minimum absolute atomic E-state index is 0.216. The predicted molar refractivity (Wildman–Crippen MR) is 75.5 cm³/mol. The van der Waals surface area contributed by atoms with Gasteiger partial charge in [-0.1, -0.05) is 20.4 Å². The Bertz CT molecular complexity index is 407. The van der Waals surface area contributed by atoms with Gasteiger partial charge in [0.15, 0.2) is 0 Å². The third kappa shape index (κ3) is 1.79. The number of methoxy groups -OCH3 is 1. The lowest BCUT2D eigenvalue weighted by atomic mass is 9.39. The molecule has 0 saturated heterocycles. The Morgan fingerprint density at radius 3 is 2.32 bits per heavy atom. The Labute approximate surface area is 116 Å². The van der Waals surface area contributed by atoms with Gasteiger partial charge in [0.2, 0.25) is 0 Å². The maximum Gasteiger partial charge on any atom is 0.333 e. The first kappa shape index (κ1) is 13.2. The van der Waals surface area contributed by atoms with Crippen LogP contribution in [0.3, 0.4) is 0 Å². The van der Waals surface area contributed by atoms with Crippen LogP contribution in [-0.4, -0.2) is 13.1 Å². The second-order valence-electron chi connectivity index (χ2n) is 7.82. The molecule has 0 N–H and O–H groups in total. The van der Waals surface area contributed by atoms with Gasteiger partial charge in [-0.05, 0) is 67.1 Å². The molecule has 4 rings (SSSR count). The molecule has 2 unspecified atom stereocenters. The lowest BCUT2D eigenvalue weighted by Gasteiger charge is -2.66. The summed E-state index contributed by atoms with van der Waals surface area (Å²) < 4.78 is 4.86. The van der Waals surface area contributed by atoms with Crippen molar-refractivity contribution >= 4 is 5.97 Å². The van der Waals surface area contributed by atoms with E-state index in [1.54, 1.807) is 0 Å². The van der Waals surface area contributed by atoms with Crippen molar-refractivity contribution in [3.63, 3.8) is 0 Å². The van der Waals surface area contributed by atoms with E-state index in [2.05, 4.69) is 20.4 Å². The van der Waals surface area contributed by atoms with Crippen molar-refractivity contribution in [1.29, 1.82) is 0 Å². The second kappa shape index (κ2) is 4.10. The minimum atomic E-state index is -0.216. The molecule has 0 aromatic heterocycles. The van der Waals surface area contributed by atoms with E-state index in [4.69, 9.17) is 4.74 Å². The molecular formula is C17H26O2. The molecule has 0 amide bonds. The number of rotatable bonds is 3. The average Bonchev–Trinajstić information content (AvgIpc) is 2.34. The zero-order chi connectivity index (χ0) is 13.8. The van der Waals surface area contributed by atoms with Gasteiger partial charge in [-0.3, -0.25) is 0 Å². The van der Waals surface area contributed by atoms with E-state index in [1.165, 1.54) is 39.2 Å². The monoisotopic (exact) mass is 262 g/mol. The first-order chi connectivity index (χ1) is 8.88. The van der Waals surface area contributed by atoms with E-state index in [9.17, 15) is 4.79 Å². The fourth-order valence-corrected chi connectivity index (χ4v) is 5.63. The third-order valence-corrected chi connectivity index (χ3v) is 6.67. The van der Waals surface area contributed by atoms with Crippen LogP contribution in [0.25, 0.3) is 0 Å². The highest BCUT2D eigenvalue weighted by atomic mass is 16.5. The van der Waals surface area contributed by atoms with Gasteiger partial charge < -0.3 is 4.74 Å². The van der Waals surface area contributed by atoms with Gasteiger partial charge in [0, 0.05) is 5.57 Å². The van der Waals surface area contributed by atoms with E-state index >= 15 is 0 Å². The SMILES string of the molecule is C=C(CC12CC3CC(CC(C3)C1(C)C)C2)C(=O)OC. The summed E-state index contributed by atoms with van der Waals surface area (Å²) in [7, 11) is 1.46. The highest BCUT2D eigenvalue weighted by Gasteiger charge is 2.61. The number of carbonyl (C=O) groups is 1. The quantitative estimate of drug-likeness (QED) is 0.568. The van der Waals surface area contributed by atoms with Crippen LogP contribution < -0.4 is 0 Å². The molecule has 4 saturated carbocycles. The molecule has 4 bridgehead atoms. The van der Waals surface area contributed by atoms with Crippen LogP contribution in [0.1, 0.15) is 52.4 Å². The van der Waals surface area contributed by atoms with E-state index < -0.39 is 0 Å². The van der Waals surface area contributed by atoms with Crippen molar-refractivity contribution in [2.24, 2.45) is 28.6 Å². The second-order valence-corrected chi connectivity index (χ2v) is 7.82. The molecule has 0 radical (unpaired) electrons. The molecule has 2 heteroatoms. The first-order valence-electron chi connectivity index (χ1n) is 7.64. The molecule has 0 aliphatic heterocycles. The van der Waals surface area contributed by atoms with Gasteiger partial charge in [-0.25, -0.2) is 4.79 Å². The molecular weight excluding hydrogens is 236 g/mol. The summed E-state index contributed by atoms with van der Waals surface area (Å²) in [5, 5.41) is 0. The van der Waals surface area contributed by atoms with Crippen molar-refractivity contribution in [2.45, 2.75) is 52.4 Å². The van der Waals surface area contributed by atoms with Crippen LogP contribution in [0, 0.1) is 28.6 Å². The summed E-state index contributed by atoms with van der Waals surface area (Å²) in [5.41, 5.74) is 1.32. The summed E-state index contributed by atoms with van der Waals surface area (Å²) in [6.07, 6.45) is 7.69. The molecule has 4 aliphatic rings. The number of esters is 1. The fraction of sp³-hybridized carbons (Fsp3) is 0.824. The zero-order valence-electron chi connectivity index (χ0n) is 12.5. The van der Waals surface area contributed by atoms with Crippen LogP contribution in [0.2, 0.25) is 0 Å². The molecule has 19 heavy (non-hydrogen) atoms. The summed E-state index contributed by atoms with van der Waals surface area (Å²) >= 11 is 0. The maximum atomic E-state index is 11.7. The highest BCUT2D eigenvalue weighted by Crippen LogP contribution is 2.69. The smallest absolute Gasteiger partial charge is 0.333 e. The Kier molecular flexibility index (Phi) is 2.85. The Morgan fingerprint density at radius 1 is 1.21 bits per heavy atom. The summed E-state index contributed by atoms with van der Waals surface area (Å²) in [5.74, 6) is 2.43. The van der Waals surface area contributed by atoms with Gasteiger partial charge in [-0.15, -0.1) is 0 Å². The summed E-state index contributed by atoms with van der Waals surface area (Å²) in [6.45, 7) is 8.85. The molecule has 2 atom stereocenters. The largest absolute Gasteiger partial charge is 0.466 e. The standard InChI is InChI=1S/C17H26O2/c1-11(15(18)19-4)8-17-9-12-5-13(10-17)7-14(6-12)16(17,2)3/h12-14H,1,5-10H2,2-4H3. The van der Waals surface area contributed by atoms with Crippen molar-refractivity contribution in [3.05, 3.63) is 12.2 Å². The van der Waals surface area contributed by atoms with E-state index in [1.807, 2.05) is 0 Å². The van der Waals surface area contributed by atoms with Gasteiger partial charge in [0.1, 0.15) is 0 Å². The molecule has 2 nitrogen and oxygen atoms in total. The highest BCUT2D eigenvalue weighted by molar-refractivity contribution is 5.87. The van der Waals surface area contributed by atoms with E-state index in [0.717, 1.165) is 24.2 Å². The van der Waals surface area contributed by atoms with Gasteiger partial charge in [0.25, 0.3) is 0 Å². The summed E-state index contributed by atoms with van der Waals surface area (Å²) in [4.78, 5) is 11.7. The number of hydrogen-bond donors (Lipinski definition) is 0. The Balaban J connectivity index is 1.88. The first-order valence-corrected chi connectivity index (χ1v) is 7.64. The predicted octanol–water partition coefficient (Wildman–Crippen LogP) is 3.96. The molecule has 0 aromatic rings. The Hall–Kier alpha value is -0.790. The van der Waals surface area contributed by atoms with Crippen molar-refractivity contribution in [2.75, 3.05) is 7.11 Å². The summed E-state index contributed by atoms with van der Waals surface area (Å²) in [6, 6.07) is 0. The average molecular weight is 262 g/mol. The number of ether oxygens (including phenoxy) is 1. The van der Waals surface area contributed by atoms with Crippen LogP contribution in [-0.2, 0) is 9.53 Å². The molecule has 4 aliphatic carbocycles. The van der Waals surface area contributed by atoms with Gasteiger partial charge >= 0.3 is 5.97 Å². The van der Waals surface area contributed by atoms with Crippen LogP contribution in [0.4, 0.5) is 0 Å². The topological polar surface area (TPSA) is 26.3 Å². The number of hydrogen-bond acceptors (Lipinski definition) is 2. The zero-order valence-corrected chi connectivity index (χ0v) is 12.5. The van der Waals surface area contributed by atoms with Gasteiger partial charge in [-0.2, -0.15) is 0 Å². The van der Waals surface area contributed by atoms with E-state index in [0.29, 0.717) is 16.4 Å². The van der Waals surface area contributed by atoms with Gasteiger partial charge in [0.05, 0.1) is 7.11 Å². The number of carbonyl (C=O) groups excluding carboxylic acids is 1. The van der Waals surface area contributed by atoms with Crippen LogP contribution >= 0.6 is 0 Å². The fourth-order valence-electron chi connectivity index (χ4n) is 5.63. The lowest BCUT2D eigenvalue weighted by Crippen LogP contribution is -2.57. The Morgan fingerprint density at radius 2 is 1.79 bits per heavy atom. The normalized spacial score (nSPS) is 42.2. The minimum Gasteiger partial charge on any atom is -0.466 e.